The zero-order valence-electron chi connectivity index (χ0n) is 74.3. The molecule has 4 aromatic heterocycles. The van der Waals surface area contributed by atoms with E-state index >= 15 is 4.39 Å². The average Bonchev–Trinajstić information content (AvgIpc) is 1.33. The van der Waals surface area contributed by atoms with Gasteiger partial charge in [0.05, 0.1) is 84.4 Å². The Morgan fingerprint density at radius 3 is 1.33 bits per heavy atom. The molecule has 6 saturated heterocycles. The third-order valence-electron chi connectivity index (χ3n) is 24.1. The van der Waals surface area contributed by atoms with Crippen LogP contribution in [0.3, 0.4) is 0 Å². The van der Waals surface area contributed by atoms with Crippen molar-refractivity contribution in [2.24, 2.45) is 34.5 Å². The van der Waals surface area contributed by atoms with Crippen molar-refractivity contribution in [3.63, 3.8) is 0 Å². The second-order valence-corrected chi connectivity index (χ2v) is 36.3. The smallest absolute Gasteiger partial charge is 0.453 e. The molecule has 696 valence electrons. The molecule has 8 amide bonds. The van der Waals surface area contributed by atoms with Gasteiger partial charge in [-0.3, -0.25) is 28.8 Å². The van der Waals surface area contributed by atoms with Crippen molar-refractivity contribution in [2.75, 3.05) is 113 Å². The SMILES string of the molecule is COC(=O)N[C@H](C(=O)N1C[C@@H](C)C[C@H]1c1ncc(-c2ccc(-c3c(Cl)cc(C(=O)Nc4ccc(N5CCN(C(=O)C(C)(C)C)C[C@H]5C)nc4)cc3OC(F)(F)F)cc2)[nH]1)C1CCOCC1.COC(=O)N[C@H](C(=O)N1C[C@@H](C)C[C@H]1c1ncc(-c2ccc(-c3ccc(C(=O)Nc4ccc(N5CCN(C(=O)C(C)(C)C)C[C@H]5C)nc4)c(F)c3OC(F)(F)F)cc2)[nH]1)C1CCOCC1. The number of H-pyrrole nitrogens is 2. The van der Waals surface area contributed by atoms with Crippen LogP contribution in [0.4, 0.5) is 63.3 Å². The maximum atomic E-state index is 16.1. The summed E-state index contributed by atoms with van der Waals surface area (Å²) >= 11 is 6.66. The first-order valence-corrected chi connectivity index (χ1v) is 43.6. The molecule has 14 rings (SSSR count). The number of alkyl halides is 6. The number of imidazole rings is 2. The molecule has 0 saturated carbocycles. The third-order valence-corrected chi connectivity index (χ3v) is 24.4. The number of pyridine rings is 2. The molecule has 10 heterocycles. The topological polar surface area (TPSA) is 343 Å². The predicted octanol–water partition coefficient (Wildman–Crippen LogP) is 15.7. The molecule has 4 aromatic carbocycles. The van der Waals surface area contributed by atoms with Gasteiger partial charge in [-0.1, -0.05) is 116 Å². The molecular weight excluding hydrogens is 1720 g/mol. The summed E-state index contributed by atoms with van der Waals surface area (Å²) in [4.78, 5) is 141. The van der Waals surface area contributed by atoms with Crippen molar-refractivity contribution < 1.29 is 97.5 Å². The number of likely N-dealkylation sites (tertiary alicyclic amines) is 2. The van der Waals surface area contributed by atoms with Crippen LogP contribution in [0.25, 0.3) is 44.8 Å². The van der Waals surface area contributed by atoms with E-state index in [1.807, 2.05) is 83.9 Å². The molecule has 30 nitrogen and oxygen atoms in total. The Hall–Kier alpha value is -12.1. The van der Waals surface area contributed by atoms with Crippen molar-refractivity contribution in [3.8, 4) is 56.3 Å². The first kappa shape index (κ1) is 95.5. The average molecular weight is 1830 g/mol. The number of anilines is 4. The van der Waals surface area contributed by atoms with Crippen LogP contribution >= 0.6 is 11.6 Å². The Morgan fingerprint density at radius 1 is 0.508 bits per heavy atom. The summed E-state index contributed by atoms with van der Waals surface area (Å²) in [5.41, 5.74) is 1.21. The van der Waals surface area contributed by atoms with Crippen LogP contribution < -0.4 is 40.5 Å². The molecule has 6 fully saturated rings. The van der Waals surface area contributed by atoms with Gasteiger partial charge in [0.1, 0.15) is 41.1 Å². The number of alkyl carbamates (subject to hydrolysis) is 2. The number of ether oxygens (including phenoxy) is 6. The van der Waals surface area contributed by atoms with E-state index < -0.39 is 94.6 Å². The zero-order chi connectivity index (χ0) is 93.6. The number of carbonyl (C=O) groups is 8. The molecule has 130 heavy (non-hydrogen) atoms. The number of rotatable bonds is 20. The Bertz CT molecular complexity index is 5390. The molecule has 0 aliphatic carbocycles. The van der Waals surface area contributed by atoms with E-state index in [4.69, 9.17) is 30.5 Å². The molecule has 0 bridgehead atoms. The molecule has 0 spiro atoms. The van der Waals surface area contributed by atoms with Crippen LogP contribution in [-0.4, -0.2) is 227 Å². The molecule has 0 radical (unpaired) electrons. The number of hydrogen-bond donors (Lipinski definition) is 6. The fourth-order valence-electron chi connectivity index (χ4n) is 17.6. The minimum atomic E-state index is -5.29. The van der Waals surface area contributed by atoms with Crippen molar-refractivity contribution in [3.05, 3.63) is 155 Å². The number of carbonyl (C=O) groups excluding carboxylic acids is 8. The maximum Gasteiger partial charge on any atom is 0.573 e. The molecule has 6 aliphatic heterocycles. The minimum absolute atomic E-state index is 0.0123. The van der Waals surface area contributed by atoms with Gasteiger partial charge in [0.15, 0.2) is 11.6 Å². The van der Waals surface area contributed by atoms with Crippen LogP contribution in [0, 0.1) is 40.3 Å². The summed E-state index contributed by atoms with van der Waals surface area (Å²) in [6, 6.07) is 21.4. The summed E-state index contributed by atoms with van der Waals surface area (Å²) in [6.45, 7) is 25.4. The Morgan fingerprint density at radius 2 is 0.931 bits per heavy atom. The predicted molar refractivity (Wildman–Crippen MR) is 470 cm³/mol. The molecule has 6 aliphatic rings. The van der Waals surface area contributed by atoms with Crippen molar-refractivity contribution >= 4 is 82.2 Å². The number of methoxy groups -OCH3 is 2. The second-order valence-electron chi connectivity index (χ2n) is 35.9. The van der Waals surface area contributed by atoms with Gasteiger partial charge in [-0.25, -0.2) is 33.9 Å². The number of nitrogens with one attached hydrogen (secondary N) is 6. The lowest BCUT2D eigenvalue weighted by Crippen LogP contribution is -2.56. The highest BCUT2D eigenvalue weighted by atomic mass is 35.5. The molecule has 0 unspecified atom stereocenters. The van der Waals surface area contributed by atoms with E-state index in [1.165, 1.54) is 50.9 Å². The maximum absolute atomic E-state index is 16.1. The van der Waals surface area contributed by atoms with E-state index in [9.17, 15) is 64.7 Å². The number of nitrogens with zero attached hydrogens (tertiary/aromatic N) is 10. The van der Waals surface area contributed by atoms with E-state index in [0.29, 0.717) is 174 Å². The highest BCUT2D eigenvalue weighted by molar-refractivity contribution is 6.34. The molecule has 8 atom stereocenters. The van der Waals surface area contributed by atoms with E-state index in [-0.39, 0.29) is 92.3 Å². The first-order valence-electron chi connectivity index (χ1n) is 43.2. The van der Waals surface area contributed by atoms with E-state index in [0.717, 1.165) is 12.1 Å². The zero-order valence-corrected chi connectivity index (χ0v) is 75.0. The number of halogens is 8. The number of benzene rings is 4. The molecular formula is C92H108ClF7N16O14. The van der Waals surface area contributed by atoms with Gasteiger partial charge >= 0.3 is 24.9 Å². The van der Waals surface area contributed by atoms with Crippen molar-refractivity contribution in [1.29, 1.82) is 0 Å². The fourth-order valence-corrected chi connectivity index (χ4v) is 17.9. The Balaban J connectivity index is 0.000000222. The van der Waals surface area contributed by atoms with Crippen LogP contribution in [0.5, 0.6) is 11.5 Å². The lowest BCUT2D eigenvalue weighted by Gasteiger charge is -2.42. The lowest BCUT2D eigenvalue weighted by atomic mass is 9.90. The van der Waals surface area contributed by atoms with Crippen molar-refractivity contribution in [1.82, 2.24) is 60.1 Å². The van der Waals surface area contributed by atoms with Crippen LogP contribution in [0.1, 0.15) is 152 Å². The lowest BCUT2D eigenvalue weighted by molar-refractivity contribution is -0.276. The molecule has 38 heteroatoms. The van der Waals surface area contributed by atoms with Crippen LogP contribution in [-0.2, 0) is 38.1 Å². The van der Waals surface area contributed by atoms with E-state index in [2.05, 4.69) is 65.5 Å². The van der Waals surface area contributed by atoms with Gasteiger partial charge in [0, 0.05) is 118 Å². The second kappa shape index (κ2) is 40.1. The highest BCUT2D eigenvalue weighted by Crippen LogP contribution is 2.45. The normalized spacial score (nSPS) is 20.0. The summed E-state index contributed by atoms with van der Waals surface area (Å²) in [5.74, 6) is -3.09. The van der Waals surface area contributed by atoms with Crippen LogP contribution in [0.2, 0.25) is 5.02 Å². The van der Waals surface area contributed by atoms with Gasteiger partial charge in [-0.05, 0) is 147 Å². The van der Waals surface area contributed by atoms with E-state index in [1.54, 1.807) is 82.9 Å². The largest absolute Gasteiger partial charge is 0.573 e. The minimum Gasteiger partial charge on any atom is -0.453 e. The number of amides is 8. The van der Waals surface area contributed by atoms with Gasteiger partial charge in [0.2, 0.25) is 23.6 Å². The monoisotopic (exact) mass is 1830 g/mol. The number of piperazine rings is 2. The molecule has 8 aromatic rings. The third kappa shape index (κ3) is 22.8. The van der Waals surface area contributed by atoms with Crippen molar-refractivity contribution in [2.45, 2.75) is 157 Å². The first-order chi connectivity index (χ1) is 61.6. The quantitative estimate of drug-likeness (QED) is 0.0386. The van der Waals surface area contributed by atoms with Gasteiger partial charge in [-0.2, -0.15) is 0 Å². The summed E-state index contributed by atoms with van der Waals surface area (Å²) < 4.78 is 128. The highest BCUT2D eigenvalue weighted by Gasteiger charge is 2.46. The Kier molecular flexibility index (Phi) is 29.4. The summed E-state index contributed by atoms with van der Waals surface area (Å²) in [5, 5.41) is 10.5. The molecule has 6 N–H and O–H groups in total. The van der Waals surface area contributed by atoms with Gasteiger partial charge in [-0.15, -0.1) is 26.3 Å². The standard InChI is InChI=1S/C46H54ClF3N8O7.C46H54F4N8O7/c1-26-19-35(58(24-26)42(60)39(55-44(62)63-6)30-13-17-64-18-14-30)40-52-23-34(54-40)28-7-9-29(10-8-28)38-33(47)20-31(21-36(38)65-46(48,49)50)41(59)53-32-11-12-37(51-22-32)57-16-15-56(25-27(57)2)43(61)45(3,4)5;1-26-21-35(58(24-26)42(60)38(55-44(62)63-6)30-15-19-64-20-16-30)40-52-23-34(54-40)29-9-7-28(8-10-29)32-12-13-33(37(47)39(32)65-46(48,49)50)41(59)53-31-11-14-36(51-22-31)57-18-17-56(25-27(57)2)43(61)45(3,4)5/h7-12,20-23,26-27,30,35,39H,13-19,24-25H2,1-6H3,(H,52,54)(H,53,59)(H,55,62);7-14,22-23,26-27,30,35,38H,15-21,24-25H2,1-6H3,(H,52,54)(H,53,59)(H,55,62)/t26-,27+,35-,39-;26-,27+,35-,38-/m00/s1. The summed E-state index contributed by atoms with van der Waals surface area (Å²) in [7, 11) is 2.50. The van der Waals surface area contributed by atoms with Crippen LogP contribution in [0.15, 0.2) is 122 Å². The Labute approximate surface area is 752 Å². The fraction of sp³-hybridized carbons (Fsp3) is 0.478. The van der Waals surface area contributed by atoms with Gasteiger partial charge in [0.25, 0.3) is 11.8 Å². The van der Waals surface area contributed by atoms with Gasteiger partial charge < -0.3 is 89.1 Å². The number of aromatic amines is 2. The number of hydrogen-bond acceptors (Lipinski definition) is 20. The number of aromatic nitrogens is 6. The summed E-state index contributed by atoms with van der Waals surface area (Å²) in [6.07, 6.45) is -2.07.